The lowest BCUT2D eigenvalue weighted by atomic mass is 9.97. The van der Waals surface area contributed by atoms with Crippen LogP contribution in [0, 0.1) is 12.3 Å². The molecule has 0 saturated carbocycles. The molecule has 0 radical (unpaired) electrons. The number of methoxy groups -OCH3 is 2. The second kappa shape index (κ2) is 10.2. The Bertz CT molecular complexity index is 1610. The summed E-state index contributed by atoms with van der Waals surface area (Å²) in [5, 5.41) is 3.86. The number of anilines is 3. The summed E-state index contributed by atoms with van der Waals surface area (Å²) in [5.41, 5.74) is 10.1. The molecule has 5 aromatic rings. The van der Waals surface area contributed by atoms with Crippen LogP contribution in [0.15, 0.2) is 84.9 Å². The Morgan fingerprint density at radius 3 is 2.30 bits per heavy atom. The fraction of sp³-hybridized carbons (Fsp3) is 0.0667. The molecule has 0 aliphatic heterocycles. The largest absolute Gasteiger partial charge is 0.493 e. The molecule has 1 heterocycles. The Morgan fingerprint density at radius 2 is 1.59 bits per heavy atom. The number of terminal acetylenes is 1. The lowest BCUT2D eigenvalue weighted by molar-refractivity contribution is 0.357. The highest BCUT2D eigenvalue weighted by molar-refractivity contribution is 6.06. The summed E-state index contributed by atoms with van der Waals surface area (Å²) >= 11 is 0. The average Bonchev–Trinajstić information content (AvgIpc) is 2.93. The molecule has 0 atom stereocenters. The van der Waals surface area contributed by atoms with E-state index in [1.165, 1.54) is 0 Å². The van der Waals surface area contributed by atoms with Crippen LogP contribution >= 0.6 is 0 Å². The fourth-order valence-corrected chi connectivity index (χ4v) is 4.09. The molecular weight excluding hydrogens is 464 g/mol. The second-order valence-electron chi connectivity index (χ2n) is 8.10. The molecule has 0 unspecified atom stereocenters. The summed E-state index contributed by atoms with van der Waals surface area (Å²) < 4.78 is 17.2. The van der Waals surface area contributed by atoms with Crippen LogP contribution in [0.3, 0.4) is 0 Å². The van der Waals surface area contributed by atoms with Gasteiger partial charge in [0.15, 0.2) is 11.5 Å². The monoisotopic (exact) mass is 488 g/mol. The van der Waals surface area contributed by atoms with E-state index in [0.29, 0.717) is 45.5 Å². The third-order valence-corrected chi connectivity index (χ3v) is 5.76. The van der Waals surface area contributed by atoms with Crippen LogP contribution in [0.4, 0.5) is 17.5 Å². The first-order valence-corrected chi connectivity index (χ1v) is 11.5. The molecule has 7 nitrogen and oxygen atoms in total. The van der Waals surface area contributed by atoms with Crippen molar-refractivity contribution in [3.8, 4) is 46.5 Å². The minimum atomic E-state index is 0.290. The number of nitrogens with two attached hydrogens (primary N) is 1. The van der Waals surface area contributed by atoms with Crippen LogP contribution in [0.1, 0.15) is 5.56 Å². The van der Waals surface area contributed by atoms with Gasteiger partial charge < -0.3 is 25.3 Å². The Balaban J connectivity index is 1.53. The smallest absolute Gasteiger partial charge is 0.229 e. The normalized spacial score (nSPS) is 10.5. The Kier molecular flexibility index (Phi) is 6.47. The van der Waals surface area contributed by atoms with Gasteiger partial charge in [0.25, 0.3) is 0 Å². The number of aromatic nitrogens is 2. The number of nitrogen functional groups attached to an aromatic ring is 1. The van der Waals surface area contributed by atoms with E-state index in [-0.39, 0.29) is 0 Å². The Morgan fingerprint density at radius 1 is 0.838 bits per heavy atom. The quantitative estimate of drug-likeness (QED) is 0.256. The maximum Gasteiger partial charge on any atom is 0.229 e. The standard InChI is InChI=1S/C30H24N4O3/c1-4-19-9-8-10-20(17-19)26-27-24(18-25(35-2)28(26)36-3)33-30(34-29(27)31)32-21-13-15-23(16-14-21)37-22-11-6-5-7-12-22/h1,5-18H,2-3H3,(H3,31,32,33,34). The van der Waals surface area contributed by atoms with Gasteiger partial charge in [-0.1, -0.05) is 36.3 Å². The second-order valence-corrected chi connectivity index (χ2v) is 8.10. The van der Waals surface area contributed by atoms with E-state index in [4.69, 9.17) is 31.4 Å². The van der Waals surface area contributed by atoms with Gasteiger partial charge in [-0.15, -0.1) is 6.42 Å². The molecule has 0 aliphatic rings. The third kappa shape index (κ3) is 4.81. The minimum absolute atomic E-state index is 0.290. The van der Waals surface area contributed by atoms with Crippen LogP contribution in [0.25, 0.3) is 22.0 Å². The lowest BCUT2D eigenvalue weighted by Crippen LogP contribution is -2.04. The van der Waals surface area contributed by atoms with Crippen molar-refractivity contribution in [1.29, 1.82) is 0 Å². The first-order chi connectivity index (χ1) is 18.1. The lowest BCUT2D eigenvalue weighted by Gasteiger charge is -2.18. The van der Waals surface area contributed by atoms with Gasteiger partial charge in [-0.2, -0.15) is 4.98 Å². The summed E-state index contributed by atoms with van der Waals surface area (Å²) in [7, 11) is 3.16. The van der Waals surface area contributed by atoms with E-state index in [1.807, 2.05) is 78.9 Å². The molecule has 0 amide bonds. The molecule has 4 aromatic carbocycles. The first kappa shape index (κ1) is 23.5. The SMILES string of the molecule is C#Cc1cccc(-c2c(OC)c(OC)cc3nc(Nc4ccc(Oc5ccccc5)cc4)nc(N)c23)c1. The molecule has 1 aromatic heterocycles. The van der Waals surface area contributed by atoms with Gasteiger partial charge >= 0.3 is 0 Å². The zero-order valence-corrected chi connectivity index (χ0v) is 20.4. The number of nitrogens with zero attached hydrogens (tertiary/aromatic N) is 2. The highest BCUT2D eigenvalue weighted by Gasteiger charge is 2.21. The van der Waals surface area contributed by atoms with Crippen molar-refractivity contribution in [2.75, 3.05) is 25.3 Å². The fourth-order valence-electron chi connectivity index (χ4n) is 4.09. The topological polar surface area (TPSA) is 91.5 Å². The van der Waals surface area contributed by atoms with Crippen LogP contribution in [-0.2, 0) is 0 Å². The first-order valence-electron chi connectivity index (χ1n) is 11.5. The van der Waals surface area contributed by atoms with Crippen molar-refractivity contribution in [3.63, 3.8) is 0 Å². The number of fused-ring (bicyclic) bond motifs is 1. The van der Waals surface area contributed by atoms with E-state index in [0.717, 1.165) is 22.6 Å². The van der Waals surface area contributed by atoms with Gasteiger partial charge in [-0.3, -0.25) is 0 Å². The highest BCUT2D eigenvalue weighted by atomic mass is 16.5. The summed E-state index contributed by atoms with van der Waals surface area (Å²) in [6.07, 6.45) is 5.64. The average molecular weight is 489 g/mol. The predicted molar refractivity (Wildman–Crippen MR) is 147 cm³/mol. The molecule has 0 fully saturated rings. The molecular formula is C30H24N4O3. The van der Waals surface area contributed by atoms with Crippen LogP contribution in [0.5, 0.6) is 23.0 Å². The Labute approximate surface area is 214 Å². The van der Waals surface area contributed by atoms with Crippen LogP contribution in [0.2, 0.25) is 0 Å². The summed E-state index contributed by atoms with van der Waals surface area (Å²) in [6, 6.07) is 26.4. The number of hydrogen-bond donors (Lipinski definition) is 2. The Hall–Kier alpha value is -5.22. The molecule has 7 heteroatoms. The molecule has 0 aliphatic carbocycles. The minimum Gasteiger partial charge on any atom is -0.493 e. The highest BCUT2D eigenvalue weighted by Crippen LogP contribution is 2.45. The van der Waals surface area contributed by atoms with E-state index < -0.39 is 0 Å². The number of ether oxygens (including phenoxy) is 3. The van der Waals surface area contributed by atoms with Gasteiger partial charge in [0.1, 0.15) is 17.3 Å². The molecule has 0 bridgehead atoms. The van der Waals surface area contributed by atoms with Gasteiger partial charge in [0.05, 0.1) is 25.1 Å². The molecule has 37 heavy (non-hydrogen) atoms. The van der Waals surface area contributed by atoms with Crippen molar-refractivity contribution in [3.05, 3.63) is 90.5 Å². The third-order valence-electron chi connectivity index (χ3n) is 5.76. The van der Waals surface area contributed by atoms with Crippen molar-refractivity contribution in [2.24, 2.45) is 0 Å². The number of nitrogens with one attached hydrogen (secondary N) is 1. The van der Waals surface area contributed by atoms with Crippen LogP contribution in [-0.4, -0.2) is 24.2 Å². The van der Waals surface area contributed by atoms with E-state index >= 15 is 0 Å². The number of benzene rings is 4. The molecule has 5 rings (SSSR count). The van der Waals surface area contributed by atoms with E-state index in [9.17, 15) is 0 Å². The summed E-state index contributed by atoms with van der Waals surface area (Å²) in [4.78, 5) is 9.26. The maximum absolute atomic E-state index is 6.50. The van der Waals surface area contributed by atoms with Crippen molar-refractivity contribution in [2.45, 2.75) is 0 Å². The van der Waals surface area contributed by atoms with Crippen molar-refractivity contribution < 1.29 is 14.2 Å². The predicted octanol–water partition coefficient (Wildman–Crippen LogP) is 6.41. The van der Waals surface area contributed by atoms with Gasteiger partial charge in [0.2, 0.25) is 5.95 Å². The van der Waals surface area contributed by atoms with Gasteiger partial charge in [-0.25, -0.2) is 4.98 Å². The van der Waals surface area contributed by atoms with Crippen LogP contribution < -0.4 is 25.3 Å². The maximum atomic E-state index is 6.50. The number of para-hydroxylation sites is 1. The number of hydrogen-bond acceptors (Lipinski definition) is 7. The number of rotatable bonds is 7. The van der Waals surface area contributed by atoms with Crippen molar-refractivity contribution >= 4 is 28.4 Å². The molecule has 182 valence electrons. The van der Waals surface area contributed by atoms with E-state index in [2.05, 4.69) is 16.2 Å². The zero-order valence-electron chi connectivity index (χ0n) is 20.4. The van der Waals surface area contributed by atoms with Gasteiger partial charge in [0, 0.05) is 22.9 Å². The van der Waals surface area contributed by atoms with Crippen molar-refractivity contribution in [1.82, 2.24) is 9.97 Å². The summed E-state index contributed by atoms with van der Waals surface area (Å²) in [5.74, 6) is 5.82. The molecule has 0 saturated heterocycles. The molecule has 3 N–H and O–H groups in total. The van der Waals surface area contributed by atoms with E-state index in [1.54, 1.807) is 20.3 Å². The summed E-state index contributed by atoms with van der Waals surface area (Å²) in [6.45, 7) is 0. The van der Waals surface area contributed by atoms with Gasteiger partial charge in [-0.05, 0) is 54.1 Å². The zero-order chi connectivity index (χ0) is 25.8. The molecule has 0 spiro atoms.